The Morgan fingerprint density at radius 3 is 2.53 bits per heavy atom. The van der Waals surface area contributed by atoms with Crippen molar-refractivity contribution < 1.29 is 13.5 Å². The van der Waals surface area contributed by atoms with Gasteiger partial charge in [0.25, 0.3) is 0 Å². The van der Waals surface area contributed by atoms with Crippen LogP contribution in [0.3, 0.4) is 0 Å². The van der Waals surface area contributed by atoms with Gasteiger partial charge in [0.2, 0.25) is 0 Å². The molecular weight excluding hydrogens is 238 g/mol. The third kappa shape index (κ3) is 2.83. The molecule has 2 saturated carbocycles. The standard InChI is InChI=1S/C12H23NO3S/c1-17(15,16)11-4-2-3-9(7-11)12(14)6-5-10(13)8-12/h9-11,14H,2-8,13H2,1H3. The third-order valence-corrected chi connectivity index (χ3v) is 6.19. The van der Waals surface area contributed by atoms with E-state index < -0.39 is 15.4 Å². The van der Waals surface area contributed by atoms with Crippen LogP contribution in [0.5, 0.6) is 0 Å². The smallest absolute Gasteiger partial charge is 0.150 e. The Morgan fingerprint density at radius 1 is 1.29 bits per heavy atom. The first-order valence-corrected chi connectivity index (χ1v) is 8.43. The highest BCUT2D eigenvalue weighted by Gasteiger charge is 2.45. The molecule has 2 aliphatic carbocycles. The molecule has 3 N–H and O–H groups in total. The lowest BCUT2D eigenvalue weighted by atomic mass is 9.75. The van der Waals surface area contributed by atoms with E-state index in [2.05, 4.69) is 0 Å². The molecule has 0 amide bonds. The average Bonchev–Trinajstić information content (AvgIpc) is 2.59. The maximum Gasteiger partial charge on any atom is 0.150 e. The minimum atomic E-state index is -2.97. The van der Waals surface area contributed by atoms with Crippen LogP contribution in [0.4, 0.5) is 0 Å². The molecule has 0 aliphatic heterocycles. The van der Waals surface area contributed by atoms with Crippen LogP contribution in [0.15, 0.2) is 0 Å². The molecular formula is C12H23NO3S. The molecule has 5 heteroatoms. The first-order chi connectivity index (χ1) is 7.81. The summed E-state index contributed by atoms with van der Waals surface area (Å²) in [7, 11) is -2.97. The lowest BCUT2D eigenvalue weighted by Gasteiger charge is -2.38. The molecule has 4 unspecified atom stereocenters. The van der Waals surface area contributed by atoms with Crippen molar-refractivity contribution >= 4 is 9.84 Å². The zero-order chi connectivity index (χ0) is 12.7. The Balaban J connectivity index is 2.07. The zero-order valence-electron chi connectivity index (χ0n) is 10.4. The number of sulfone groups is 1. The van der Waals surface area contributed by atoms with Crippen LogP contribution in [0.25, 0.3) is 0 Å². The van der Waals surface area contributed by atoms with Gasteiger partial charge in [0.05, 0.1) is 10.9 Å². The van der Waals surface area contributed by atoms with Gasteiger partial charge in [0.1, 0.15) is 9.84 Å². The van der Waals surface area contributed by atoms with E-state index in [0.29, 0.717) is 12.8 Å². The molecule has 2 fully saturated rings. The molecule has 4 atom stereocenters. The van der Waals surface area contributed by atoms with Crippen molar-refractivity contribution in [3.05, 3.63) is 0 Å². The molecule has 0 bridgehead atoms. The van der Waals surface area contributed by atoms with E-state index in [-0.39, 0.29) is 17.2 Å². The van der Waals surface area contributed by atoms with Gasteiger partial charge in [-0.25, -0.2) is 8.42 Å². The molecule has 0 aromatic heterocycles. The van der Waals surface area contributed by atoms with Gasteiger partial charge >= 0.3 is 0 Å². The highest BCUT2D eigenvalue weighted by atomic mass is 32.2. The Kier molecular flexibility index (Phi) is 3.54. The Hall–Kier alpha value is -0.130. The van der Waals surface area contributed by atoms with Crippen LogP contribution in [0.1, 0.15) is 44.9 Å². The van der Waals surface area contributed by atoms with Crippen molar-refractivity contribution in [3.8, 4) is 0 Å². The second kappa shape index (κ2) is 4.52. The molecule has 0 aromatic carbocycles. The SMILES string of the molecule is CS(=O)(=O)C1CCCC(C2(O)CCC(N)C2)C1. The van der Waals surface area contributed by atoms with Gasteiger partial charge in [-0.05, 0) is 44.4 Å². The number of hydrogen-bond donors (Lipinski definition) is 2. The average molecular weight is 261 g/mol. The predicted molar refractivity (Wildman–Crippen MR) is 67.4 cm³/mol. The van der Waals surface area contributed by atoms with Crippen LogP contribution in [-0.2, 0) is 9.84 Å². The van der Waals surface area contributed by atoms with Gasteiger partial charge in [-0.15, -0.1) is 0 Å². The topological polar surface area (TPSA) is 80.4 Å². The largest absolute Gasteiger partial charge is 0.390 e. The van der Waals surface area contributed by atoms with Crippen LogP contribution in [0.2, 0.25) is 0 Å². The van der Waals surface area contributed by atoms with E-state index in [9.17, 15) is 13.5 Å². The minimum Gasteiger partial charge on any atom is -0.390 e. The van der Waals surface area contributed by atoms with Crippen LogP contribution >= 0.6 is 0 Å². The fourth-order valence-electron chi connectivity index (χ4n) is 3.49. The van der Waals surface area contributed by atoms with Gasteiger partial charge in [0.15, 0.2) is 0 Å². The fraction of sp³-hybridized carbons (Fsp3) is 1.00. The van der Waals surface area contributed by atoms with E-state index in [1.54, 1.807) is 0 Å². The maximum absolute atomic E-state index is 11.6. The second-order valence-corrected chi connectivity index (χ2v) is 8.25. The quantitative estimate of drug-likeness (QED) is 0.771. The van der Waals surface area contributed by atoms with Crippen LogP contribution in [-0.4, -0.2) is 36.7 Å². The van der Waals surface area contributed by atoms with Gasteiger partial charge in [0, 0.05) is 12.3 Å². The lowest BCUT2D eigenvalue weighted by Crippen LogP contribution is -2.42. The van der Waals surface area contributed by atoms with Gasteiger partial charge < -0.3 is 10.8 Å². The number of aliphatic hydroxyl groups is 1. The summed E-state index contributed by atoms with van der Waals surface area (Å²) < 4.78 is 23.2. The van der Waals surface area contributed by atoms with E-state index >= 15 is 0 Å². The van der Waals surface area contributed by atoms with Crippen molar-refractivity contribution in [2.24, 2.45) is 11.7 Å². The van der Waals surface area contributed by atoms with Crippen LogP contribution < -0.4 is 5.73 Å². The Morgan fingerprint density at radius 2 is 2.00 bits per heavy atom. The fourth-order valence-corrected chi connectivity index (χ4v) is 4.66. The number of hydrogen-bond acceptors (Lipinski definition) is 4. The highest BCUT2D eigenvalue weighted by molar-refractivity contribution is 7.91. The molecule has 4 nitrogen and oxygen atoms in total. The predicted octanol–water partition coefficient (Wildman–Crippen LogP) is 0.832. The molecule has 17 heavy (non-hydrogen) atoms. The Labute approximate surface area is 104 Å². The molecule has 2 rings (SSSR count). The summed E-state index contributed by atoms with van der Waals surface area (Å²) >= 11 is 0. The molecule has 0 heterocycles. The third-order valence-electron chi connectivity index (χ3n) is 4.56. The molecule has 2 aliphatic rings. The summed E-state index contributed by atoms with van der Waals surface area (Å²) in [6.45, 7) is 0. The monoisotopic (exact) mass is 261 g/mol. The summed E-state index contributed by atoms with van der Waals surface area (Å²) in [6.07, 6.45) is 6.74. The van der Waals surface area contributed by atoms with Gasteiger partial charge in [-0.1, -0.05) is 6.42 Å². The van der Waals surface area contributed by atoms with Gasteiger partial charge in [-0.3, -0.25) is 0 Å². The second-order valence-electron chi connectivity index (χ2n) is 5.92. The Bertz CT molecular complexity index is 381. The summed E-state index contributed by atoms with van der Waals surface area (Å²) in [6, 6.07) is 0.0820. The van der Waals surface area contributed by atoms with Crippen LogP contribution in [0, 0.1) is 5.92 Å². The van der Waals surface area contributed by atoms with Crippen molar-refractivity contribution in [1.29, 1.82) is 0 Å². The van der Waals surface area contributed by atoms with Gasteiger partial charge in [-0.2, -0.15) is 0 Å². The molecule has 0 aromatic rings. The van der Waals surface area contributed by atoms with Crippen molar-refractivity contribution in [1.82, 2.24) is 0 Å². The van der Waals surface area contributed by atoms with Crippen molar-refractivity contribution in [2.45, 2.75) is 61.8 Å². The summed E-state index contributed by atoms with van der Waals surface area (Å²) in [5.74, 6) is 0.115. The summed E-state index contributed by atoms with van der Waals surface area (Å²) in [5.41, 5.74) is 5.15. The summed E-state index contributed by atoms with van der Waals surface area (Å²) in [4.78, 5) is 0. The first-order valence-electron chi connectivity index (χ1n) is 6.48. The lowest BCUT2D eigenvalue weighted by molar-refractivity contribution is -0.0271. The highest BCUT2D eigenvalue weighted by Crippen LogP contribution is 2.43. The summed E-state index contributed by atoms with van der Waals surface area (Å²) in [5, 5.41) is 10.3. The van der Waals surface area contributed by atoms with E-state index in [1.807, 2.05) is 0 Å². The maximum atomic E-state index is 11.6. The van der Waals surface area contributed by atoms with E-state index in [4.69, 9.17) is 5.73 Å². The minimum absolute atomic E-state index is 0.0820. The van der Waals surface area contributed by atoms with E-state index in [1.165, 1.54) is 6.26 Å². The molecule has 0 radical (unpaired) electrons. The zero-order valence-corrected chi connectivity index (χ0v) is 11.2. The molecule has 0 spiro atoms. The van der Waals surface area contributed by atoms with Crippen molar-refractivity contribution in [3.63, 3.8) is 0 Å². The normalized spacial score (nSPS) is 43.8. The number of rotatable bonds is 2. The van der Waals surface area contributed by atoms with E-state index in [0.717, 1.165) is 32.1 Å². The number of nitrogens with two attached hydrogens (primary N) is 1. The molecule has 100 valence electrons. The molecule has 0 saturated heterocycles. The van der Waals surface area contributed by atoms with Crippen molar-refractivity contribution in [2.75, 3.05) is 6.26 Å². The first kappa shape index (κ1) is 13.3.